The van der Waals surface area contributed by atoms with Crippen molar-refractivity contribution < 1.29 is 18.0 Å². The maximum Gasteiger partial charge on any atom is 0.390 e. The Hall–Kier alpha value is -0.450. The Kier molecular flexibility index (Phi) is 3.38. The van der Waals surface area contributed by atoms with Crippen molar-refractivity contribution in [1.29, 1.82) is 0 Å². The number of alkyl halides is 3. The van der Waals surface area contributed by atoms with Crippen LogP contribution < -0.4 is 4.84 Å². The predicted octanol–water partition coefficient (Wildman–Crippen LogP) is 2.23. The van der Waals surface area contributed by atoms with Crippen LogP contribution in [0.25, 0.3) is 0 Å². The van der Waals surface area contributed by atoms with Crippen LogP contribution in [0.2, 0.25) is 0 Å². The zero-order chi connectivity index (χ0) is 9.99. The van der Waals surface area contributed by atoms with E-state index in [0.717, 1.165) is 0 Å². The van der Waals surface area contributed by atoms with E-state index in [-0.39, 0.29) is 0 Å². The third-order valence-electron chi connectivity index (χ3n) is 1.34. The molecule has 0 spiro atoms. The van der Waals surface area contributed by atoms with Crippen LogP contribution in [0.3, 0.4) is 0 Å². The van der Waals surface area contributed by atoms with Gasteiger partial charge in [0.15, 0.2) is 0 Å². The zero-order valence-corrected chi connectivity index (χ0v) is 7.38. The highest BCUT2D eigenvalue weighted by molar-refractivity contribution is 6.22. The summed E-state index contributed by atoms with van der Waals surface area (Å²) < 4.78 is 35.5. The molecule has 0 fully saturated rings. The average molecular weight is 204 g/mol. The molecular weight excluding hydrogens is 195 g/mol. The topological polar surface area (TPSA) is 29.1 Å². The molecule has 0 aliphatic heterocycles. The van der Waals surface area contributed by atoms with E-state index < -0.39 is 23.9 Å². The van der Waals surface area contributed by atoms with E-state index in [1.165, 1.54) is 13.8 Å². The lowest BCUT2D eigenvalue weighted by Crippen LogP contribution is -2.35. The second-order valence-electron chi connectivity index (χ2n) is 3.10. The van der Waals surface area contributed by atoms with E-state index >= 15 is 0 Å². The molecule has 0 aromatic carbocycles. The van der Waals surface area contributed by atoms with Crippen molar-refractivity contribution in [1.82, 2.24) is 4.84 Å². The van der Waals surface area contributed by atoms with E-state index in [1.54, 1.807) is 4.84 Å². The lowest BCUT2D eigenvalue weighted by molar-refractivity contribution is -0.163. The van der Waals surface area contributed by atoms with Gasteiger partial charge in [-0.3, -0.25) is 9.63 Å². The predicted molar refractivity (Wildman–Crippen MR) is 38.4 cm³/mol. The smallest absolute Gasteiger partial charge is 0.273 e. The minimum atomic E-state index is -4.35. The number of carbonyl (C=O) groups is 1. The van der Waals surface area contributed by atoms with Crippen LogP contribution in [0.5, 0.6) is 0 Å². The lowest BCUT2D eigenvalue weighted by Gasteiger charge is -2.22. The quantitative estimate of drug-likeness (QED) is 0.686. The summed E-state index contributed by atoms with van der Waals surface area (Å²) in [5, 5.41) is 0. The molecule has 0 bridgehead atoms. The van der Waals surface area contributed by atoms with Crippen molar-refractivity contribution in [2.75, 3.05) is 0 Å². The normalized spacial score (nSPS) is 12.8. The Morgan fingerprint density at radius 3 is 2.08 bits per heavy atom. The van der Waals surface area contributed by atoms with Crippen molar-refractivity contribution in [3.63, 3.8) is 0 Å². The molecule has 0 saturated carbocycles. The summed E-state index contributed by atoms with van der Waals surface area (Å²) in [6.45, 7) is 2.36. The summed E-state index contributed by atoms with van der Waals surface area (Å²) in [7, 11) is 0. The highest BCUT2D eigenvalue weighted by Gasteiger charge is 2.40. The first-order valence-electron chi connectivity index (χ1n) is 3.17. The fourth-order valence-corrected chi connectivity index (χ4v) is 0.965. The first-order valence-corrected chi connectivity index (χ1v) is 3.55. The number of hydrogen-bond acceptors (Lipinski definition) is 1. The molecule has 12 heavy (non-hydrogen) atoms. The van der Waals surface area contributed by atoms with Crippen LogP contribution in [0, 0.1) is 5.41 Å². The molecule has 0 aromatic heterocycles. The number of amides is 1. The number of rotatable bonds is 2. The summed E-state index contributed by atoms with van der Waals surface area (Å²) in [5.41, 5.74) is -1.51. The fraction of sp³-hybridized carbons (Fsp3) is 0.833. The molecule has 0 rings (SSSR count). The molecule has 0 saturated heterocycles. The van der Waals surface area contributed by atoms with Gasteiger partial charge in [0.25, 0.3) is 0 Å². The summed E-state index contributed by atoms with van der Waals surface area (Å²) >= 11 is 4.90. The molecular formula is C6H9ClF3NO. The molecule has 1 N–H and O–H groups in total. The minimum absolute atomic E-state index is 0.832. The van der Waals surface area contributed by atoms with E-state index in [2.05, 4.69) is 0 Å². The maximum absolute atomic E-state index is 11.8. The van der Waals surface area contributed by atoms with Crippen molar-refractivity contribution >= 4 is 17.7 Å². The molecule has 0 unspecified atom stereocenters. The van der Waals surface area contributed by atoms with Gasteiger partial charge in [-0.1, -0.05) is 13.8 Å². The van der Waals surface area contributed by atoms with Gasteiger partial charge in [0.05, 0.1) is 11.8 Å². The van der Waals surface area contributed by atoms with Crippen LogP contribution in [-0.4, -0.2) is 12.1 Å². The van der Waals surface area contributed by atoms with Crippen LogP contribution in [0.1, 0.15) is 20.3 Å². The van der Waals surface area contributed by atoms with Crippen LogP contribution in [0.4, 0.5) is 13.2 Å². The molecule has 6 heteroatoms. The zero-order valence-electron chi connectivity index (χ0n) is 6.63. The Balaban J connectivity index is 4.32. The van der Waals surface area contributed by atoms with Gasteiger partial charge >= 0.3 is 6.18 Å². The number of carbonyl (C=O) groups excluding carboxylic acids is 1. The molecule has 0 aromatic rings. The van der Waals surface area contributed by atoms with E-state index in [9.17, 15) is 18.0 Å². The molecule has 72 valence electrons. The van der Waals surface area contributed by atoms with Gasteiger partial charge < -0.3 is 0 Å². The van der Waals surface area contributed by atoms with Crippen LogP contribution >= 0.6 is 11.8 Å². The van der Waals surface area contributed by atoms with Gasteiger partial charge in [-0.25, -0.2) is 0 Å². The number of hydrogen-bond donors (Lipinski definition) is 1. The number of nitrogens with one attached hydrogen (secondary N) is 1. The van der Waals surface area contributed by atoms with Gasteiger partial charge in [0, 0.05) is 11.8 Å². The van der Waals surface area contributed by atoms with Crippen molar-refractivity contribution in [2.45, 2.75) is 26.4 Å². The van der Waals surface area contributed by atoms with Crippen molar-refractivity contribution in [3.8, 4) is 0 Å². The monoisotopic (exact) mass is 203 g/mol. The molecule has 0 heterocycles. The maximum atomic E-state index is 11.8. The third-order valence-corrected chi connectivity index (χ3v) is 1.51. The van der Waals surface area contributed by atoms with Crippen molar-refractivity contribution in [3.05, 3.63) is 0 Å². The minimum Gasteiger partial charge on any atom is -0.273 e. The SMILES string of the molecule is CC(C)(CC(F)(F)F)C(=O)NCl. The second-order valence-corrected chi connectivity index (χ2v) is 3.29. The largest absolute Gasteiger partial charge is 0.390 e. The first kappa shape index (κ1) is 11.6. The average Bonchev–Trinajstić information content (AvgIpc) is 1.80. The summed E-state index contributed by atoms with van der Waals surface area (Å²) in [4.78, 5) is 12.4. The molecule has 2 nitrogen and oxygen atoms in total. The second kappa shape index (κ2) is 3.51. The highest BCUT2D eigenvalue weighted by atomic mass is 35.5. The lowest BCUT2D eigenvalue weighted by atomic mass is 9.88. The van der Waals surface area contributed by atoms with E-state index in [1.807, 2.05) is 0 Å². The Morgan fingerprint density at radius 2 is 1.83 bits per heavy atom. The van der Waals surface area contributed by atoms with Gasteiger partial charge in [0.1, 0.15) is 0 Å². The van der Waals surface area contributed by atoms with Crippen LogP contribution in [0.15, 0.2) is 0 Å². The molecule has 0 aliphatic carbocycles. The Morgan fingerprint density at radius 1 is 1.42 bits per heavy atom. The summed E-state index contributed by atoms with van der Waals surface area (Å²) in [5.74, 6) is -0.832. The number of halogens is 4. The van der Waals surface area contributed by atoms with Gasteiger partial charge in [-0.2, -0.15) is 13.2 Å². The van der Waals surface area contributed by atoms with Gasteiger partial charge in [-0.15, -0.1) is 0 Å². The van der Waals surface area contributed by atoms with Crippen LogP contribution in [-0.2, 0) is 4.79 Å². The Labute approximate surface area is 73.2 Å². The fourth-order valence-electron chi connectivity index (χ4n) is 0.709. The van der Waals surface area contributed by atoms with Gasteiger partial charge in [0.2, 0.25) is 5.91 Å². The highest BCUT2D eigenvalue weighted by Crippen LogP contribution is 2.33. The van der Waals surface area contributed by atoms with E-state index in [4.69, 9.17) is 11.8 Å². The third kappa shape index (κ3) is 3.80. The van der Waals surface area contributed by atoms with E-state index in [0.29, 0.717) is 0 Å². The Bertz CT molecular complexity index is 178. The molecule has 0 radical (unpaired) electrons. The summed E-state index contributed by atoms with van der Waals surface area (Å²) in [6, 6.07) is 0. The summed E-state index contributed by atoms with van der Waals surface area (Å²) in [6.07, 6.45) is -5.54. The standard InChI is InChI=1S/C6H9ClF3NO/c1-5(2,4(12)11-7)3-6(8,9)10/h3H2,1-2H3,(H,11,12). The first-order chi connectivity index (χ1) is 5.19. The molecule has 0 atom stereocenters. The van der Waals surface area contributed by atoms with Gasteiger partial charge in [-0.05, 0) is 0 Å². The molecule has 0 aliphatic rings. The van der Waals surface area contributed by atoms with Crippen molar-refractivity contribution in [2.24, 2.45) is 5.41 Å². The molecule has 1 amide bonds.